The summed E-state index contributed by atoms with van der Waals surface area (Å²) in [4.78, 5) is 12.0. The predicted octanol–water partition coefficient (Wildman–Crippen LogP) is 2.46. The van der Waals surface area contributed by atoms with E-state index in [1.54, 1.807) is 19.1 Å². The van der Waals surface area contributed by atoms with Crippen molar-refractivity contribution in [3.8, 4) is 11.5 Å². The van der Waals surface area contributed by atoms with Crippen LogP contribution in [0.5, 0.6) is 11.5 Å². The summed E-state index contributed by atoms with van der Waals surface area (Å²) in [7, 11) is -2.44. The molecule has 0 saturated heterocycles. The summed E-state index contributed by atoms with van der Waals surface area (Å²) in [6, 6.07) is 9.99. The molecule has 0 aliphatic carbocycles. The van der Waals surface area contributed by atoms with Gasteiger partial charge in [-0.3, -0.25) is 4.79 Å². The topological polar surface area (TPSA) is 81.7 Å². The van der Waals surface area contributed by atoms with Crippen LogP contribution in [0.3, 0.4) is 0 Å². The molecule has 2 aromatic carbocycles. The molecule has 1 heterocycles. The molecule has 1 amide bonds. The number of benzene rings is 2. The minimum absolute atomic E-state index is 0.00669. The fourth-order valence-corrected chi connectivity index (χ4v) is 3.76. The Bertz CT molecular complexity index is 979. The first kappa shape index (κ1) is 18.0. The summed E-state index contributed by atoms with van der Waals surface area (Å²) in [5, 5.41) is 0. The molecule has 136 valence electrons. The van der Waals surface area contributed by atoms with Gasteiger partial charge in [-0.1, -0.05) is 6.07 Å². The number of hydrogen-bond acceptors (Lipinski definition) is 5. The molecule has 1 aliphatic heterocycles. The van der Waals surface area contributed by atoms with Gasteiger partial charge in [-0.2, -0.15) is 0 Å². The van der Waals surface area contributed by atoms with Gasteiger partial charge in [0.15, 0.2) is 0 Å². The lowest BCUT2D eigenvalue weighted by Crippen LogP contribution is -2.29. The van der Waals surface area contributed by atoms with Crippen molar-refractivity contribution >= 4 is 22.0 Å². The number of aryl methyl sites for hydroxylation is 1. The number of rotatable bonds is 5. The van der Waals surface area contributed by atoms with Crippen molar-refractivity contribution in [1.29, 1.82) is 0 Å². The number of amides is 1. The zero-order chi connectivity index (χ0) is 18.7. The quantitative estimate of drug-likeness (QED) is 0.814. The Morgan fingerprint density at radius 2 is 2.04 bits per heavy atom. The molecule has 0 saturated carbocycles. The van der Waals surface area contributed by atoms with E-state index in [1.807, 2.05) is 22.9 Å². The van der Waals surface area contributed by atoms with E-state index < -0.39 is 15.9 Å². The van der Waals surface area contributed by atoms with Gasteiger partial charge < -0.3 is 9.47 Å². The van der Waals surface area contributed by atoms with Crippen molar-refractivity contribution in [2.45, 2.75) is 18.2 Å². The molecule has 1 aliphatic rings. The average molecular weight is 373 g/mol. The maximum Gasteiger partial charge on any atom is 0.264 e. The number of sulfonamides is 1. The van der Waals surface area contributed by atoms with Gasteiger partial charge in [0, 0.05) is 12.5 Å². The molecule has 7 heteroatoms. The van der Waals surface area contributed by atoms with E-state index in [9.17, 15) is 13.2 Å². The van der Waals surface area contributed by atoms with Crippen LogP contribution in [0.15, 0.2) is 47.4 Å². The van der Waals surface area contributed by atoms with Crippen molar-refractivity contribution in [3.05, 3.63) is 59.2 Å². The highest BCUT2D eigenvalue weighted by Crippen LogP contribution is 2.26. The lowest BCUT2D eigenvalue weighted by Gasteiger charge is -2.08. The Labute approximate surface area is 152 Å². The molecule has 3 rings (SSSR count). The summed E-state index contributed by atoms with van der Waals surface area (Å²) in [5.41, 5.74) is 2.55. The number of carbonyl (C=O) groups is 1. The Morgan fingerprint density at radius 1 is 1.23 bits per heavy atom. The van der Waals surface area contributed by atoms with Crippen molar-refractivity contribution in [2.24, 2.45) is 0 Å². The summed E-state index contributed by atoms with van der Waals surface area (Å²) < 4.78 is 37.3. The van der Waals surface area contributed by atoms with Crippen molar-refractivity contribution < 1.29 is 22.7 Å². The van der Waals surface area contributed by atoms with E-state index in [0.29, 0.717) is 17.9 Å². The third-order valence-corrected chi connectivity index (χ3v) is 5.40. The van der Waals surface area contributed by atoms with Crippen molar-refractivity contribution in [1.82, 2.24) is 4.72 Å². The van der Waals surface area contributed by atoms with E-state index >= 15 is 0 Å². The monoisotopic (exact) mass is 373 g/mol. The highest BCUT2D eigenvalue weighted by molar-refractivity contribution is 7.90. The molecule has 2 aromatic rings. The van der Waals surface area contributed by atoms with Crippen LogP contribution in [0.1, 0.15) is 16.7 Å². The SMILES string of the molecule is COc1ccc(S(=O)(=O)NC(=O)/C=C/c2ccc3c(c2)CCO3)cc1C. The molecule has 1 N–H and O–H groups in total. The van der Waals surface area contributed by atoms with Crippen LogP contribution >= 0.6 is 0 Å². The highest BCUT2D eigenvalue weighted by atomic mass is 32.2. The van der Waals surface area contributed by atoms with E-state index in [2.05, 4.69) is 0 Å². The van der Waals surface area contributed by atoms with Gasteiger partial charge in [0.05, 0.1) is 18.6 Å². The Hall–Kier alpha value is -2.80. The smallest absolute Gasteiger partial charge is 0.264 e. The van der Waals surface area contributed by atoms with Gasteiger partial charge in [0.25, 0.3) is 15.9 Å². The third-order valence-electron chi connectivity index (χ3n) is 4.05. The van der Waals surface area contributed by atoms with Gasteiger partial charge in [0.2, 0.25) is 0 Å². The summed E-state index contributed by atoms with van der Waals surface area (Å²) >= 11 is 0. The van der Waals surface area contributed by atoms with Crippen LogP contribution in [0, 0.1) is 6.92 Å². The Morgan fingerprint density at radius 3 is 2.77 bits per heavy atom. The Kier molecular flexibility index (Phi) is 4.99. The van der Waals surface area contributed by atoms with E-state index in [4.69, 9.17) is 9.47 Å². The first-order chi connectivity index (χ1) is 12.4. The molecule has 0 atom stereocenters. The number of methoxy groups -OCH3 is 1. The largest absolute Gasteiger partial charge is 0.496 e. The Balaban J connectivity index is 1.71. The van der Waals surface area contributed by atoms with Gasteiger partial charge in [-0.05, 0) is 60.0 Å². The maximum atomic E-state index is 12.3. The maximum absolute atomic E-state index is 12.3. The molecule has 0 aromatic heterocycles. The second-order valence-electron chi connectivity index (χ2n) is 5.90. The van der Waals surface area contributed by atoms with E-state index in [0.717, 1.165) is 23.3 Å². The average Bonchev–Trinajstić information content (AvgIpc) is 3.07. The summed E-state index contributed by atoms with van der Waals surface area (Å²) in [6.45, 7) is 2.39. The lowest BCUT2D eigenvalue weighted by molar-refractivity contribution is -0.114. The third kappa shape index (κ3) is 3.88. The minimum Gasteiger partial charge on any atom is -0.496 e. The standard InChI is InChI=1S/C19H19NO5S/c1-13-11-16(5-7-17(13)24-2)26(22,23)20-19(21)8-4-14-3-6-18-15(12-14)9-10-25-18/h3-8,11-12H,9-10H2,1-2H3,(H,20,21)/b8-4+. The predicted molar refractivity (Wildman–Crippen MR) is 97.7 cm³/mol. The molecular weight excluding hydrogens is 354 g/mol. The van der Waals surface area contributed by atoms with E-state index in [1.165, 1.54) is 25.3 Å². The van der Waals surface area contributed by atoms with Crippen molar-refractivity contribution in [3.63, 3.8) is 0 Å². The molecule has 6 nitrogen and oxygen atoms in total. The van der Waals surface area contributed by atoms with Gasteiger partial charge in [-0.15, -0.1) is 0 Å². The zero-order valence-electron chi connectivity index (χ0n) is 14.5. The second kappa shape index (κ2) is 7.21. The molecule has 0 bridgehead atoms. The van der Waals surface area contributed by atoms with Crippen LogP contribution in [0.4, 0.5) is 0 Å². The summed E-state index contributed by atoms with van der Waals surface area (Å²) in [6.07, 6.45) is 3.60. The van der Waals surface area contributed by atoms with Crippen molar-refractivity contribution in [2.75, 3.05) is 13.7 Å². The molecule has 0 unspecified atom stereocenters. The first-order valence-corrected chi connectivity index (χ1v) is 9.52. The zero-order valence-corrected chi connectivity index (χ0v) is 15.3. The first-order valence-electron chi connectivity index (χ1n) is 8.04. The number of fused-ring (bicyclic) bond motifs is 1. The van der Waals surface area contributed by atoms with Crippen LogP contribution in [0.2, 0.25) is 0 Å². The molecular formula is C19H19NO5S. The number of ether oxygens (including phenoxy) is 2. The second-order valence-corrected chi connectivity index (χ2v) is 7.58. The van der Waals surface area contributed by atoms with Crippen LogP contribution < -0.4 is 14.2 Å². The summed E-state index contributed by atoms with van der Waals surface area (Å²) in [5.74, 6) is 0.718. The van der Waals surface area contributed by atoms with Gasteiger partial charge in [0.1, 0.15) is 11.5 Å². The minimum atomic E-state index is -3.95. The molecule has 0 fully saturated rings. The molecule has 0 spiro atoms. The molecule has 0 radical (unpaired) electrons. The van der Waals surface area contributed by atoms with Gasteiger partial charge in [-0.25, -0.2) is 13.1 Å². The molecule has 26 heavy (non-hydrogen) atoms. The van der Waals surface area contributed by atoms with Crippen LogP contribution in [-0.2, 0) is 21.2 Å². The van der Waals surface area contributed by atoms with Crippen LogP contribution in [-0.4, -0.2) is 28.0 Å². The van der Waals surface area contributed by atoms with Crippen LogP contribution in [0.25, 0.3) is 6.08 Å². The van der Waals surface area contributed by atoms with E-state index in [-0.39, 0.29) is 4.90 Å². The number of hydrogen-bond donors (Lipinski definition) is 1. The normalized spacial score (nSPS) is 13.3. The lowest BCUT2D eigenvalue weighted by atomic mass is 10.1. The number of nitrogens with one attached hydrogen (secondary N) is 1. The highest BCUT2D eigenvalue weighted by Gasteiger charge is 2.17. The number of carbonyl (C=O) groups excluding carboxylic acids is 1. The fraction of sp³-hybridized carbons (Fsp3) is 0.211. The van der Waals surface area contributed by atoms with Gasteiger partial charge >= 0.3 is 0 Å². The fourth-order valence-electron chi connectivity index (χ4n) is 2.73.